The lowest BCUT2D eigenvalue weighted by Crippen LogP contribution is -1.96. The molecule has 0 amide bonds. The van der Waals surface area contributed by atoms with E-state index in [9.17, 15) is 5.26 Å². The van der Waals surface area contributed by atoms with E-state index in [0.717, 1.165) is 26.9 Å². The summed E-state index contributed by atoms with van der Waals surface area (Å²) < 4.78 is 17.6. The molecule has 0 saturated heterocycles. The van der Waals surface area contributed by atoms with Crippen LogP contribution in [0.2, 0.25) is 0 Å². The lowest BCUT2D eigenvalue weighted by molar-refractivity contribution is 0.174. The SMILES string of the molecule is N#Cc1c(-c2ccc3c(c2)OCO3)csc1OCc1ccccc1Br. The smallest absolute Gasteiger partial charge is 0.231 e. The molecule has 2 aromatic carbocycles. The number of nitriles is 1. The number of fused-ring (bicyclic) bond motifs is 1. The zero-order valence-corrected chi connectivity index (χ0v) is 15.4. The average Bonchev–Trinajstić information content (AvgIpc) is 3.26. The second kappa shape index (κ2) is 6.79. The van der Waals surface area contributed by atoms with Crippen LogP contribution in [0.5, 0.6) is 16.6 Å². The van der Waals surface area contributed by atoms with E-state index >= 15 is 0 Å². The third kappa shape index (κ3) is 3.09. The predicted octanol–water partition coefficient (Wildman–Crippen LogP) is 5.36. The molecule has 0 atom stereocenters. The number of ether oxygens (including phenoxy) is 3. The minimum atomic E-state index is 0.230. The van der Waals surface area contributed by atoms with Crippen LogP contribution in [-0.4, -0.2) is 6.79 Å². The molecule has 0 unspecified atom stereocenters. The van der Waals surface area contributed by atoms with E-state index in [1.165, 1.54) is 11.3 Å². The topological polar surface area (TPSA) is 51.5 Å². The van der Waals surface area contributed by atoms with Gasteiger partial charge in [0.05, 0.1) is 0 Å². The number of rotatable bonds is 4. The number of hydrogen-bond acceptors (Lipinski definition) is 5. The third-order valence-corrected chi connectivity index (χ3v) is 5.53. The monoisotopic (exact) mass is 413 g/mol. The minimum absolute atomic E-state index is 0.230. The van der Waals surface area contributed by atoms with Crippen LogP contribution in [0.15, 0.2) is 52.3 Å². The minimum Gasteiger partial charge on any atom is -0.478 e. The summed E-state index contributed by atoms with van der Waals surface area (Å²) in [5.41, 5.74) is 3.32. The van der Waals surface area contributed by atoms with Crippen molar-refractivity contribution in [3.63, 3.8) is 0 Å². The van der Waals surface area contributed by atoms with Crippen molar-refractivity contribution >= 4 is 27.3 Å². The zero-order chi connectivity index (χ0) is 17.2. The molecule has 25 heavy (non-hydrogen) atoms. The van der Waals surface area contributed by atoms with Crippen LogP contribution in [0.1, 0.15) is 11.1 Å². The van der Waals surface area contributed by atoms with Crippen molar-refractivity contribution in [2.75, 3.05) is 6.79 Å². The Kier molecular flexibility index (Phi) is 4.35. The van der Waals surface area contributed by atoms with Crippen LogP contribution in [0, 0.1) is 11.3 Å². The molecule has 3 aromatic rings. The molecule has 124 valence electrons. The van der Waals surface area contributed by atoms with E-state index in [0.29, 0.717) is 23.0 Å². The van der Waals surface area contributed by atoms with Gasteiger partial charge in [-0.05, 0) is 23.8 Å². The van der Waals surface area contributed by atoms with Gasteiger partial charge in [-0.1, -0.05) is 40.2 Å². The Hall–Kier alpha value is -2.49. The van der Waals surface area contributed by atoms with Crippen molar-refractivity contribution in [2.24, 2.45) is 0 Å². The first-order valence-corrected chi connectivity index (χ1v) is 9.21. The fourth-order valence-electron chi connectivity index (χ4n) is 2.59. The summed E-state index contributed by atoms with van der Waals surface area (Å²) in [7, 11) is 0. The largest absolute Gasteiger partial charge is 0.478 e. The van der Waals surface area contributed by atoms with E-state index < -0.39 is 0 Å². The number of hydrogen-bond donors (Lipinski definition) is 0. The molecule has 6 heteroatoms. The highest BCUT2D eigenvalue weighted by Gasteiger charge is 2.19. The third-order valence-electron chi connectivity index (χ3n) is 3.87. The van der Waals surface area contributed by atoms with E-state index in [2.05, 4.69) is 22.0 Å². The van der Waals surface area contributed by atoms with Gasteiger partial charge in [0.25, 0.3) is 0 Å². The Morgan fingerprint density at radius 1 is 1.16 bits per heavy atom. The molecule has 4 nitrogen and oxygen atoms in total. The van der Waals surface area contributed by atoms with Gasteiger partial charge in [-0.15, -0.1) is 11.3 Å². The Morgan fingerprint density at radius 2 is 2.00 bits per heavy atom. The summed E-state index contributed by atoms with van der Waals surface area (Å²) >= 11 is 4.93. The lowest BCUT2D eigenvalue weighted by atomic mass is 10.0. The second-order valence-electron chi connectivity index (χ2n) is 5.37. The van der Waals surface area contributed by atoms with E-state index in [-0.39, 0.29) is 6.79 Å². The number of nitrogens with zero attached hydrogens (tertiary/aromatic N) is 1. The fourth-order valence-corrected chi connectivity index (χ4v) is 3.87. The number of halogens is 1. The highest BCUT2D eigenvalue weighted by Crippen LogP contribution is 2.41. The molecule has 1 aliphatic rings. The molecular formula is C19H12BrNO3S. The molecule has 0 radical (unpaired) electrons. The zero-order valence-electron chi connectivity index (χ0n) is 13.0. The lowest BCUT2D eigenvalue weighted by Gasteiger charge is -2.07. The summed E-state index contributed by atoms with van der Waals surface area (Å²) in [4.78, 5) is 0. The van der Waals surface area contributed by atoms with Crippen LogP contribution in [0.25, 0.3) is 11.1 Å². The van der Waals surface area contributed by atoms with E-state index in [4.69, 9.17) is 14.2 Å². The summed E-state index contributed by atoms with van der Waals surface area (Å²) in [6.45, 7) is 0.630. The van der Waals surface area contributed by atoms with Crippen molar-refractivity contribution in [1.82, 2.24) is 0 Å². The number of benzene rings is 2. The van der Waals surface area contributed by atoms with Crippen molar-refractivity contribution < 1.29 is 14.2 Å². The Balaban J connectivity index is 1.61. The van der Waals surface area contributed by atoms with Gasteiger partial charge < -0.3 is 14.2 Å². The molecule has 0 bridgehead atoms. The maximum absolute atomic E-state index is 9.61. The normalized spacial score (nSPS) is 12.0. The molecule has 0 N–H and O–H groups in total. The first-order valence-electron chi connectivity index (χ1n) is 7.54. The molecule has 1 aliphatic heterocycles. The van der Waals surface area contributed by atoms with E-state index in [1.807, 2.05) is 47.8 Å². The summed E-state index contributed by atoms with van der Waals surface area (Å²) in [6.07, 6.45) is 0. The number of thiophene rings is 1. The second-order valence-corrected chi connectivity index (χ2v) is 7.07. The summed E-state index contributed by atoms with van der Waals surface area (Å²) in [6, 6.07) is 15.8. The van der Waals surface area contributed by atoms with Crippen LogP contribution in [0.4, 0.5) is 0 Å². The van der Waals surface area contributed by atoms with Gasteiger partial charge in [-0.3, -0.25) is 0 Å². The van der Waals surface area contributed by atoms with Crippen molar-refractivity contribution in [2.45, 2.75) is 6.61 Å². The maximum atomic E-state index is 9.61. The molecule has 0 spiro atoms. The molecule has 2 heterocycles. The molecular weight excluding hydrogens is 402 g/mol. The molecule has 0 fully saturated rings. The molecule has 4 rings (SSSR count). The van der Waals surface area contributed by atoms with Gasteiger partial charge in [0, 0.05) is 21.0 Å². The molecule has 1 aromatic heterocycles. The van der Waals surface area contributed by atoms with Gasteiger partial charge in [-0.2, -0.15) is 5.26 Å². The van der Waals surface area contributed by atoms with Gasteiger partial charge in [-0.25, -0.2) is 0 Å². The van der Waals surface area contributed by atoms with Gasteiger partial charge >= 0.3 is 0 Å². The van der Waals surface area contributed by atoms with Crippen molar-refractivity contribution in [1.29, 1.82) is 5.26 Å². The van der Waals surface area contributed by atoms with E-state index in [1.54, 1.807) is 0 Å². The molecule has 0 saturated carbocycles. The van der Waals surface area contributed by atoms with Crippen LogP contribution < -0.4 is 14.2 Å². The van der Waals surface area contributed by atoms with Crippen LogP contribution >= 0.6 is 27.3 Å². The van der Waals surface area contributed by atoms with Crippen LogP contribution in [0.3, 0.4) is 0 Å². The average molecular weight is 414 g/mol. The highest BCUT2D eigenvalue weighted by atomic mass is 79.9. The van der Waals surface area contributed by atoms with Crippen molar-refractivity contribution in [3.8, 4) is 33.8 Å². The Labute approximate surface area is 157 Å². The van der Waals surface area contributed by atoms with Crippen molar-refractivity contribution in [3.05, 3.63) is 63.4 Å². The quantitative estimate of drug-likeness (QED) is 0.577. The summed E-state index contributed by atoms with van der Waals surface area (Å²) in [5.74, 6) is 1.42. The Morgan fingerprint density at radius 3 is 2.84 bits per heavy atom. The van der Waals surface area contributed by atoms with Gasteiger partial charge in [0.15, 0.2) is 16.6 Å². The van der Waals surface area contributed by atoms with Gasteiger partial charge in [0.2, 0.25) is 6.79 Å². The first kappa shape index (κ1) is 16.0. The standard InChI is InChI=1S/C19H12BrNO3S/c20-16-4-2-1-3-13(16)9-22-19-14(8-21)15(10-25-19)12-5-6-17-18(7-12)24-11-23-17/h1-7,10H,9,11H2. The summed E-state index contributed by atoms with van der Waals surface area (Å²) in [5, 5.41) is 12.2. The fraction of sp³-hybridized carbons (Fsp3) is 0.105. The first-order chi connectivity index (χ1) is 12.3. The Bertz CT molecular complexity index is 977. The highest BCUT2D eigenvalue weighted by molar-refractivity contribution is 9.10. The molecule has 0 aliphatic carbocycles. The predicted molar refractivity (Wildman–Crippen MR) is 99.1 cm³/mol. The van der Waals surface area contributed by atoms with Gasteiger partial charge in [0.1, 0.15) is 18.2 Å². The van der Waals surface area contributed by atoms with Crippen LogP contribution in [-0.2, 0) is 6.61 Å². The maximum Gasteiger partial charge on any atom is 0.231 e.